The Morgan fingerprint density at radius 1 is 1.35 bits per heavy atom. The van der Waals surface area contributed by atoms with Crippen molar-refractivity contribution < 1.29 is 19.5 Å². The first-order valence-electron chi connectivity index (χ1n) is 6.06. The van der Waals surface area contributed by atoms with Gasteiger partial charge < -0.3 is 21.5 Å². The highest BCUT2D eigenvalue weighted by atomic mass is 16.4. The molecule has 0 aliphatic rings. The Balaban J connectivity index is 2.59. The molecule has 5 N–H and O–H groups in total. The normalized spacial score (nSPS) is 11.4. The number of aliphatic carboxylic acids is 1. The van der Waals surface area contributed by atoms with Gasteiger partial charge >= 0.3 is 12.0 Å². The Bertz CT molecular complexity index is 516. The molecule has 1 atom stereocenters. The van der Waals surface area contributed by atoms with Crippen molar-refractivity contribution in [1.82, 2.24) is 5.32 Å². The van der Waals surface area contributed by atoms with Gasteiger partial charge in [0.1, 0.15) is 6.04 Å². The lowest BCUT2D eigenvalue weighted by molar-refractivity contribution is -0.137. The van der Waals surface area contributed by atoms with Crippen LogP contribution in [0.15, 0.2) is 24.3 Å². The first kappa shape index (κ1) is 15.5. The first-order valence-corrected chi connectivity index (χ1v) is 6.06. The van der Waals surface area contributed by atoms with E-state index in [1.54, 1.807) is 24.3 Å². The lowest BCUT2D eigenvalue weighted by atomic mass is 10.1. The quantitative estimate of drug-likeness (QED) is 0.612. The van der Waals surface area contributed by atoms with Crippen LogP contribution < -0.4 is 16.4 Å². The number of nitrogens with one attached hydrogen (secondary N) is 2. The number of carbonyl (C=O) groups is 3. The van der Waals surface area contributed by atoms with Crippen molar-refractivity contribution in [3.63, 3.8) is 0 Å². The molecule has 0 radical (unpaired) electrons. The number of primary amides is 1. The summed E-state index contributed by atoms with van der Waals surface area (Å²) in [6, 6.07) is 5.51. The van der Waals surface area contributed by atoms with Gasteiger partial charge in [-0.05, 0) is 31.0 Å². The molecule has 0 aromatic heterocycles. The molecule has 0 heterocycles. The molecule has 0 aliphatic heterocycles. The molecule has 20 heavy (non-hydrogen) atoms. The summed E-state index contributed by atoms with van der Waals surface area (Å²) in [5.41, 5.74) is 6.35. The lowest BCUT2D eigenvalue weighted by Gasteiger charge is -2.12. The molecule has 0 fully saturated rings. The molecule has 0 bridgehead atoms. The zero-order valence-corrected chi connectivity index (χ0v) is 11.1. The standard InChI is InChI=1S/C13H17N3O4/c1-8(12(14)19)15-13(20)16-10-4-2-3-9(7-10)5-6-11(17)18/h2-4,7-8H,5-6H2,1H3,(H2,14,19)(H,17,18)(H2,15,16,20). The summed E-state index contributed by atoms with van der Waals surface area (Å²) >= 11 is 0. The summed E-state index contributed by atoms with van der Waals surface area (Å²) in [7, 11) is 0. The number of amides is 3. The third kappa shape index (κ3) is 5.38. The van der Waals surface area contributed by atoms with E-state index in [0.29, 0.717) is 12.1 Å². The van der Waals surface area contributed by atoms with Crippen LogP contribution in [0.4, 0.5) is 10.5 Å². The molecular formula is C13H17N3O4. The molecule has 0 saturated carbocycles. The van der Waals surface area contributed by atoms with Gasteiger partial charge in [-0.2, -0.15) is 0 Å². The highest BCUT2D eigenvalue weighted by molar-refractivity contribution is 5.93. The zero-order chi connectivity index (χ0) is 15.1. The topological polar surface area (TPSA) is 122 Å². The minimum atomic E-state index is -0.878. The Labute approximate surface area is 116 Å². The van der Waals surface area contributed by atoms with Gasteiger partial charge in [0.05, 0.1) is 0 Å². The number of aryl methyl sites for hydroxylation is 1. The number of rotatable bonds is 6. The van der Waals surface area contributed by atoms with Gasteiger partial charge in [-0.15, -0.1) is 0 Å². The molecule has 3 amide bonds. The van der Waals surface area contributed by atoms with E-state index in [-0.39, 0.29) is 6.42 Å². The van der Waals surface area contributed by atoms with Gasteiger partial charge in [-0.3, -0.25) is 9.59 Å². The van der Waals surface area contributed by atoms with E-state index in [1.165, 1.54) is 6.92 Å². The van der Waals surface area contributed by atoms with Gasteiger partial charge in [0.25, 0.3) is 0 Å². The molecule has 7 heteroatoms. The van der Waals surface area contributed by atoms with Gasteiger partial charge in [-0.1, -0.05) is 12.1 Å². The van der Waals surface area contributed by atoms with Crippen molar-refractivity contribution in [2.75, 3.05) is 5.32 Å². The van der Waals surface area contributed by atoms with E-state index in [2.05, 4.69) is 10.6 Å². The van der Waals surface area contributed by atoms with Crippen LogP contribution in [-0.2, 0) is 16.0 Å². The molecule has 1 aromatic rings. The highest BCUT2D eigenvalue weighted by Crippen LogP contribution is 2.12. The Hall–Kier alpha value is -2.57. The maximum atomic E-state index is 11.6. The molecule has 7 nitrogen and oxygen atoms in total. The number of hydrogen-bond acceptors (Lipinski definition) is 3. The second-order valence-electron chi connectivity index (χ2n) is 4.32. The average Bonchev–Trinajstić information content (AvgIpc) is 2.36. The molecule has 0 spiro atoms. The highest BCUT2D eigenvalue weighted by Gasteiger charge is 2.12. The number of nitrogens with two attached hydrogens (primary N) is 1. The van der Waals surface area contributed by atoms with Crippen LogP contribution in [-0.4, -0.2) is 29.1 Å². The molecule has 0 saturated heterocycles. The van der Waals surface area contributed by atoms with Crippen molar-refractivity contribution in [2.24, 2.45) is 5.73 Å². The predicted molar refractivity (Wildman–Crippen MR) is 73.2 cm³/mol. The van der Waals surface area contributed by atoms with Crippen LogP contribution in [0.2, 0.25) is 0 Å². The van der Waals surface area contributed by atoms with E-state index in [4.69, 9.17) is 10.8 Å². The smallest absolute Gasteiger partial charge is 0.319 e. The minimum Gasteiger partial charge on any atom is -0.481 e. The number of benzene rings is 1. The Morgan fingerprint density at radius 3 is 2.65 bits per heavy atom. The largest absolute Gasteiger partial charge is 0.481 e. The Morgan fingerprint density at radius 2 is 2.05 bits per heavy atom. The van der Waals surface area contributed by atoms with Crippen LogP contribution in [0.1, 0.15) is 18.9 Å². The van der Waals surface area contributed by atoms with Crippen molar-refractivity contribution in [1.29, 1.82) is 0 Å². The average molecular weight is 279 g/mol. The fraction of sp³-hybridized carbons (Fsp3) is 0.308. The van der Waals surface area contributed by atoms with Crippen molar-refractivity contribution in [3.05, 3.63) is 29.8 Å². The third-order valence-corrected chi connectivity index (χ3v) is 2.59. The van der Waals surface area contributed by atoms with Gasteiger partial charge in [0.2, 0.25) is 5.91 Å². The van der Waals surface area contributed by atoms with Crippen molar-refractivity contribution in [2.45, 2.75) is 25.8 Å². The predicted octanol–water partition coefficient (Wildman–Crippen LogP) is 0.699. The van der Waals surface area contributed by atoms with Gasteiger partial charge in [0, 0.05) is 12.1 Å². The maximum absolute atomic E-state index is 11.6. The summed E-state index contributed by atoms with van der Waals surface area (Å²) in [5, 5.41) is 13.5. The van der Waals surface area contributed by atoms with Gasteiger partial charge in [0.15, 0.2) is 0 Å². The van der Waals surface area contributed by atoms with Crippen LogP contribution >= 0.6 is 0 Å². The second-order valence-corrected chi connectivity index (χ2v) is 4.32. The number of carboxylic acids is 1. The maximum Gasteiger partial charge on any atom is 0.319 e. The monoisotopic (exact) mass is 279 g/mol. The van der Waals surface area contributed by atoms with Crippen LogP contribution in [0.25, 0.3) is 0 Å². The summed E-state index contributed by atoms with van der Waals surface area (Å²) < 4.78 is 0. The lowest BCUT2D eigenvalue weighted by Crippen LogP contribution is -2.44. The zero-order valence-electron chi connectivity index (χ0n) is 11.1. The van der Waals surface area contributed by atoms with Crippen LogP contribution in [0.5, 0.6) is 0 Å². The fourth-order valence-electron chi connectivity index (χ4n) is 1.49. The summed E-state index contributed by atoms with van der Waals surface area (Å²) in [5.74, 6) is -1.51. The van der Waals surface area contributed by atoms with E-state index in [0.717, 1.165) is 5.56 Å². The number of hydrogen-bond donors (Lipinski definition) is 4. The minimum absolute atomic E-state index is 0.0222. The van der Waals surface area contributed by atoms with E-state index >= 15 is 0 Å². The summed E-state index contributed by atoms with van der Waals surface area (Å²) in [4.78, 5) is 32.9. The van der Waals surface area contributed by atoms with E-state index in [9.17, 15) is 14.4 Å². The number of carbonyl (C=O) groups excluding carboxylic acids is 2. The van der Waals surface area contributed by atoms with Crippen LogP contribution in [0, 0.1) is 0 Å². The summed E-state index contributed by atoms with van der Waals surface area (Å²) in [6.07, 6.45) is 0.401. The number of anilines is 1. The van der Waals surface area contributed by atoms with Crippen molar-refractivity contribution >= 4 is 23.6 Å². The number of urea groups is 1. The van der Waals surface area contributed by atoms with Crippen molar-refractivity contribution in [3.8, 4) is 0 Å². The molecule has 1 aromatic carbocycles. The molecule has 108 valence electrons. The third-order valence-electron chi connectivity index (χ3n) is 2.59. The molecular weight excluding hydrogens is 262 g/mol. The van der Waals surface area contributed by atoms with Gasteiger partial charge in [-0.25, -0.2) is 4.79 Å². The second kappa shape index (κ2) is 7.13. The first-order chi connectivity index (χ1) is 9.38. The Kier molecular flexibility index (Phi) is 5.52. The molecule has 1 unspecified atom stereocenters. The fourth-order valence-corrected chi connectivity index (χ4v) is 1.49. The van der Waals surface area contributed by atoms with E-state index < -0.39 is 23.9 Å². The molecule has 0 aliphatic carbocycles. The summed E-state index contributed by atoms with van der Waals surface area (Å²) in [6.45, 7) is 1.48. The van der Waals surface area contributed by atoms with Crippen LogP contribution in [0.3, 0.4) is 0 Å². The number of carboxylic acid groups (broad SMARTS) is 1. The molecule has 1 rings (SSSR count). The SMILES string of the molecule is CC(NC(=O)Nc1cccc(CCC(=O)O)c1)C(N)=O. The van der Waals surface area contributed by atoms with E-state index in [1.807, 2.05) is 0 Å².